The molecule has 0 aromatic rings. The first kappa shape index (κ1) is 6.55. The Bertz CT molecular complexity index is 142. The Morgan fingerprint density at radius 3 is 2.33 bits per heavy atom. The summed E-state index contributed by atoms with van der Waals surface area (Å²) in [7, 11) is 0. The van der Waals surface area contributed by atoms with E-state index in [4.69, 9.17) is 5.11 Å². The van der Waals surface area contributed by atoms with Gasteiger partial charge in [0.25, 0.3) is 0 Å². The van der Waals surface area contributed by atoms with E-state index >= 15 is 0 Å². The van der Waals surface area contributed by atoms with Crippen LogP contribution in [0.3, 0.4) is 0 Å². The molecule has 9 heavy (non-hydrogen) atoms. The summed E-state index contributed by atoms with van der Waals surface area (Å²) in [5, 5.41) is 11.4. The van der Waals surface area contributed by atoms with Crippen LogP contribution in [0.2, 0.25) is 0 Å². The normalized spacial score (nSPS) is 29.8. The molecule has 1 aliphatic heterocycles. The SMILES string of the molecule is CC1(C)NC1CC(=O)O. The van der Waals surface area contributed by atoms with Gasteiger partial charge in [-0.15, -0.1) is 0 Å². The van der Waals surface area contributed by atoms with Gasteiger partial charge in [0, 0.05) is 11.6 Å². The van der Waals surface area contributed by atoms with Crippen LogP contribution in [0.4, 0.5) is 0 Å². The number of carbonyl (C=O) groups is 1. The second-order valence-electron chi connectivity index (χ2n) is 3.02. The van der Waals surface area contributed by atoms with Crippen LogP contribution in [0.25, 0.3) is 0 Å². The average molecular weight is 129 g/mol. The predicted molar refractivity (Wildman–Crippen MR) is 33.3 cm³/mol. The van der Waals surface area contributed by atoms with E-state index in [0.29, 0.717) is 0 Å². The summed E-state index contributed by atoms with van der Waals surface area (Å²) in [6, 6.07) is 0.190. The van der Waals surface area contributed by atoms with Gasteiger partial charge in [-0.25, -0.2) is 0 Å². The smallest absolute Gasteiger partial charge is 0.304 e. The van der Waals surface area contributed by atoms with Crippen LogP contribution in [0, 0.1) is 0 Å². The minimum atomic E-state index is -0.724. The zero-order valence-corrected chi connectivity index (χ0v) is 5.64. The molecule has 0 bridgehead atoms. The quantitative estimate of drug-likeness (QED) is 0.524. The lowest BCUT2D eigenvalue weighted by molar-refractivity contribution is -0.137. The molecule has 0 aromatic heterocycles. The van der Waals surface area contributed by atoms with E-state index in [1.807, 2.05) is 13.8 Å². The molecule has 3 heteroatoms. The molecule has 1 aliphatic rings. The fourth-order valence-corrected chi connectivity index (χ4v) is 0.888. The number of carboxylic acids is 1. The van der Waals surface area contributed by atoms with Crippen LogP contribution in [-0.4, -0.2) is 22.7 Å². The molecule has 0 radical (unpaired) electrons. The average Bonchev–Trinajstić information content (AvgIpc) is 2.10. The number of hydrogen-bond acceptors (Lipinski definition) is 2. The minimum Gasteiger partial charge on any atom is -0.481 e. The molecule has 3 nitrogen and oxygen atoms in total. The summed E-state index contributed by atoms with van der Waals surface area (Å²) in [6.45, 7) is 4.00. The van der Waals surface area contributed by atoms with Crippen molar-refractivity contribution < 1.29 is 9.90 Å². The molecule has 1 heterocycles. The fraction of sp³-hybridized carbons (Fsp3) is 0.833. The second kappa shape index (κ2) is 1.70. The molecular weight excluding hydrogens is 118 g/mol. The minimum absolute atomic E-state index is 0.0678. The number of hydrogen-bond donors (Lipinski definition) is 2. The Morgan fingerprint density at radius 1 is 1.78 bits per heavy atom. The van der Waals surface area contributed by atoms with E-state index < -0.39 is 5.97 Å². The Morgan fingerprint density at radius 2 is 2.22 bits per heavy atom. The van der Waals surface area contributed by atoms with Crippen molar-refractivity contribution in [3.05, 3.63) is 0 Å². The molecule has 1 unspecified atom stereocenters. The lowest BCUT2D eigenvalue weighted by Gasteiger charge is -1.93. The molecule has 52 valence electrons. The Hall–Kier alpha value is -0.570. The van der Waals surface area contributed by atoms with Gasteiger partial charge < -0.3 is 10.4 Å². The van der Waals surface area contributed by atoms with Crippen molar-refractivity contribution in [1.82, 2.24) is 5.32 Å². The molecule has 0 spiro atoms. The largest absolute Gasteiger partial charge is 0.481 e. The summed E-state index contributed by atoms with van der Waals surface area (Å²) < 4.78 is 0. The third-order valence-corrected chi connectivity index (χ3v) is 1.71. The van der Waals surface area contributed by atoms with E-state index in [9.17, 15) is 4.79 Å². The maximum Gasteiger partial charge on any atom is 0.304 e. The monoisotopic (exact) mass is 129 g/mol. The van der Waals surface area contributed by atoms with Crippen molar-refractivity contribution in [1.29, 1.82) is 0 Å². The van der Waals surface area contributed by atoms with Crippen LogP contribution in [-0.2, 0) is 4.79 Å². The summed E-state index contributed by atoms with van der Waals surface area (Å²) in [5.74, 6) is -0.724. The fourth-order valence-electron chi connectivity index (χ4n) is 0.888. The Kier molecular flexibility index (Phi) is 1.24. The molecule has 0 amide bonds. The van der Waals surface area contributed by atoms with E-state index in [2.05, 4.69) is 5.32 Å². The van der Waals surface area contributed by atoms with E-state index in [1.54, 1.807) is 0 Å². The third-order valence-electron chi connectivity index (χ3n) is 1.71. The van der Waals surface area contributed by atoms with Gasteiger partial charge in [0.1, 0.15) is 0 Å². The van der Waals surface area contributed by atoms with Crippen LogP contribution >= 0.6 is 0 Å². The zero-order valence-electron chi connectivity index (χ0n) is 5.64. The molecule has 0 saturated carbocycles. The summed E-state index contributed by atoms with van der Waals surface area (Å²) in [4.78, 5) is 10.1. The first-order chi connectivity index (χ1) is 4.02. The topological polar surface area (TPSA) is 59.2 Å². The molecule has 1 atom stereocenters. The second-order valence-corrected chi connectivity index (χ2v) is 3.02. The third kappa shape index (κ3) is 1.42. The maximum atomic E-state index is 10.1. The van der Waals surface area contributed by atoms with Crippen LogP contribution < -0.4 is 5.32 Å². The van der Waals surface area contributed by atoms with Crippen molar-refractivity contribution in [3.63, 3.8) is 0 Å². The number of aliphatic carboxylic acids is 1. The van der Waals surface area contributed by atoms with Gasteiger partial charge in [-0.1, -0.05) is 0 Å². The lowest BCUT2D eigenvalue weighted by Crippen LogP contribution is -2.07. The van der Waals surface area contributed by atoms with Crippen LogP contribution in [0.15, 0.2) is 0 Å². The molecule has 0 aliphatic carbocycles. The highest BCUT2D eigenvalue weighted by Gasteiger charge is 2.45. The van der Waals surface area contributed by atoms with E-state index in [1.165, 1.54) is 0 Å². The molecule has 1 saturated heterocycles. The van der Waals surface area contributed by atoms with Gasteiger partial charge in [0.15, 0.2) is 0 Å². The van der Waals surface area contributed by atoms with Crippen LogP contribution in [0.1, 0.15) is 20.3 Å². The highest BCUT2D eigenvalue weighted by atomic mass is 16.4. The number of nitrogens with one attached hydrogen (secondary N) is 1. The first-order valence-electron chi connectivity index (χ1n) is 3.02. The van der Waals surface area contributed by atoms with Gasteiger partial charge in [-0.3, -0.25) is 4.79 Å². The van der Waals surface area contributed by atoms with Gasteiger partial charge in [0.05, 0.1) is 6.42 Å². The lowest BCUT2D eigenvalue weighted by atomic mass is 10.1. The molecule has 1 fully saturated rings. The number of carboxylic acid groups (broad SMARTS) is 1. The van der Waals surface area contributed by atoms with E-state index in [0.717, 1.165) is 0 Å². The Balaban J connectivity index is 2.28. The standard InChI is InChI=1S/C6H11NO2/c1-6(2)4(7-6)3-5(8)9/h4,7H,3H2,1-2H3,(H,8,9). The molecule has 2 N–H and O–H groups in total. The molecule has 0 aromatic carbocycles. The first-order valence-corrected chi connectivity index (χ1v) is 3.02. The summed E-state index contributed by atoms with van der Waals surface area (Å²) in [5.41, 5.74) is 0.0678. The summed E-state index contributed by atoms with van der Waals surface area (Å²) >= 11 is 0. The molecular formula is C6H11NO2. The van der Waals surface area contributed by atoms with Crippen molar-refractivity contribution in [2.75, 3.05) is 0 Å². The van der Waals surface area contributed by atoms with Crippen LogP contribution in [0.5, 0.6) is 0 Å². The van der Waals surface area contributed by atoms with Gasteiger partial charge >= 0.3 is 5.97 Å². The van der Waals surface area contributed by atoms with Crippen molar-refractivity contribution in [3.8, 4) is 0 Å². The highest BCUT2D eigenvalue weighted by Crippen LogP contribution is 2.26. The predicted octanol–water partition coefficient (Wildman–Crippen LogP) is 0.211. The van der Waals surface area contributed by atoms with Gasteiger partial charge in [0.2, 0.25) is 0 Å². The Labute approximate surface area is 54.1 Å². The summed E-state index contributed by atoms with van der Waals surface area (Å²) in [6.07, 6.45) is 0.243. The zero-order chi connectivity index (χ0) is 7.07. The highest BCUT2D eigenvalue weighted by molar-refractivity contribution is 5.68. The van der Waals surface area contributed by atoms with Gasteiger partial charge in [-0.2, -0.15) is 0 Å². The maximum absolute atomic E-state index is 10.1. The molecule has 1 rings (SSSR count). The van der Waals surface area contributed by atoms with Gasteiger partial charge in [-0.05, 0) is 13.8 Å². The van der Waals surface area contributed by atoms with Crippen molar-refractivity contribution >= 4 is 5.97 Å². The van der Waals surface area contributed by atoms with Crippen molar-refractivity contribution in [2.24, 2.45) is 0 Å². The number of rotatable bonds is 2. The van der Waals surface area contributed by atoms with E-state index in [-0.39, 0.29) is 18.0 Å². The van der Waals surface area contributed by atoms with Crippen molar-refractivity contribution in [2.45, 2.75) is 31.8 Å².